The molecular formula is C94H184O17P2. The van der Waals surface area contributed by atoms with Gasteiger partial charge >= 0.3 is 39.5 Å². The summed E-state index contributed by atoms with van der Waals surface area (Å²) in [6, 6.07) is 0. The van der Waals surface area contributed by atoms with Crippen LogP contribution in [0.15, 0.2) is 0 Å². The lowest BCUT2D eigenvalue weighted by Crippen LogP contribution is -2.30. The Balaban J connectivity index is 5.23. The van der Waals surface area contributed by atoms with E-state index < -0.39 is 97.5 Å². The molecule has 0 aliphatic carbocycles. The van der Waals surface area contributed by atoms with Crippen molar-refractivity contribution in [1.82, 2.24) is 0 Å². The van der Waals surface area contributed by atoms with Crippen molar-refractivity contribution in [3.8, 4) is 0 Å². The molecule has 19 heteroatoms. The highest BCUT2D eigenvalue weighted by molar-refractivity contribution is 7.47. The molecule has 0 fully saturated rings. The number of hydrogen-bond acceptors (Lipinski definition) is 15. The first-order valence-electron chi connectivity index (χ1n) is 48.8. The number of aliphatic hydroxyl groups is 1. The predicted octanol–water partition coefficient (Wildman–Crippen LogP) is 29.6. The fourth-order valence-corrected chi connectivity index (χ4v) is 16.5. The third kappa shape index (κ3) is 87.7. The van der Waals surface area contributed by atoms with Crippen LogP contribution in [0.25, 0.3) is 0 Å². The van der Waals surface area contributed by atoms with Crippen LogP contribution in [0.1, 0.15) is 522 Å². The molecule has 5 atom stereocenters. The Morgan fingerprint density at radius 2 is 0.354 bits per heavy atom. The molecule has 0 rings (SSSR count). The van der Waals surface area contributed by atoms with Crippen molar-refractivity contribution in [3.05, 3.63) is 0 Å². The van der Waals surface area contributed by atoms with Gasteiger partial charge in [-0.1, -0.05) is 471 Å². The second-order valence-corrected chi connectivity index (χ2v) is 36.7. The minimum atomic E-state index is -4.97. The van der Waals surface area contributed by atoms with Crippen LogP contribution in [-0.4, -0.2) is 96.7 Å². The largest absolute Gasteiger partial charge is 0.472 e. The Hall–Kier alpha value is -1.94. The number of phosphoric acid groups is 2. The maximum atomic E-state index is 13.2. The number of carbonyl (C=O) groups is 4. The van der Waals surface area contributed by atoms with Crippen molar-refractivity contribution in [1.29, 1.82) is 0 Å². The van der Waals surface area contributed by atoms with E-state index in [-0.39, 0.29) is 25.7 Å². The molecule has 17 nitrogen and oxygen atoms in total. The van der Waals surface area contributed by atoms with Crippen LogP contribution in [0, 0.1) is 0 Å². The van der Waals surface area contributed by atoms with Gasteiger partial charge < -0.3 is 33.8 Å². The van der Waals surface area contributed by atoms with Crippen molar-refractivity contribution in [3.63, 3.8) is 0 Å². The van der Waals surface area contributed by atoms with Gasteiger partial charge in [0.15, 0.2) is 12.2 Å². The molecule has 0 amide bonds. The van der Waals surface area contributed by atoms with E-state index in [1.165, 1.54) is 353 Å². The Morgan fingerprint density at radius 1 is 0.212 bits per heavy atom. The van der Waals surface area contributed by atoms with E-state index in [0.29, 0.717) is 25.7 Å². The molecule has 0 aromatic carbocycles. The first kappa shape index (κ1) is 111. The van der Waals surface area contributed by atoms with E-state index in [2.05, 4.69) is 27.7 Å². The molecule has 2 unspecified atom stereocenters. The number of ether oxygens (including phenoxy) is 4. The molecule has 0 aliphatic rings. The number of rotatable bonds is 95. The van der Waals surface area contributed by atoms with Crippen LogP contribution in [0.4, 0.5) is 0 Å². The van der Waals surface area contributed by atoms with Gasteiger partial charge in [0, 0.05) is 25.7 Å². The fourth-order valence-electron chi connectivity index (χ4n) is 14.9. The number of phosphoric ester groups is 2. The predicted molar refractivity (Wildman–Crippen MR) is 469 cm³/mol. The summed E-state index contributed by atoms with van der Waals surface area (Å²) in [7, 11) is -9.94. The zero-order chi connectivity index (χ0) is 82.4. The lowest BCUT2D eigenvalue weighted by molar-refractivity contribution is -0.161. The van der Waals surface area contributed by atoms with E-state index in [1.807, 2.05) is 0 Å². The van der Waals surface area contributed by atoms with Gasteiger partial charge in [0.1, 0.15) is 19.3 Å². The standard InChI is InChI=1S/C94H184O17P2/c1-5-9-13-17-21-25-29-33-36-39-41-43-45-47-50-52-55-59-63-67-71-75-79-92(97)105-85-90(111-94(99)81-77-73-69-65-61-57-54-51-48-46-44-42-40-37-34-30-26-22-18-14-10-6-2)87-109-113(102,103)107-83-88(95)82-106-112(100,101)108-86-89(84-104-91(96)78-74-70-66-62-58-32-28-24-20-16-12-8-4)110-93(98)80-76-72-68-64-60-56-53-49-38-35-31-27-23-19-15-11-7-3/h88-90,95H,5-87H2,1-4H3,(H,100,101)(H,102,103)/t88-,89+,90+/m0/s1. The fraction of sp³-hybridized carbons (Fsp3) is 0.957. The van der Waals surface area contributed by atoms with Gasteiger partial charge in [0.05, 0.1) is 26.4 Å². The molecule has 0 spiro atoms. The maximum Gasteiger partial charge on any atom is 0.472 e. The topological polar surface area (TPSA) is 237 Å². The number of unbranched alkanes of at least 4 members (excludes halogenated alkanes) is 69. The molecule has 0 saturated carbocycles. The zero-order valence-electron chi connectivity index (χ0n) is 74.4. The maximum absolute atomic E-state index is 13.2. The summed E-state index contributed by atoms with van der Waals surface area (Å²) in [4.78, 5) is 73.5. The minimum absolute atomic E-state index is 0.110. The highest BCUT2D eigenvalue weighted by atomic mass is 31.2. The van der Waals surface area contributed by atoms with E-state index >= 15 is 0 Å². The molecule has 0 saturated heterocycles. The molecule has 0 radical (unpaired) electrons. The van der Waals surface area contributed by atoms with E-state index in [9.17, 15) is 43.2 Å². The summed E-state index contributed by atoms with van der Waals surface area (Å²) >= 11 is 0. The van der Waals surface area contributed by atoms with Crippen molar-refractivity contribution >= 4 is 39.5 Å². The molecule has 0 bridgehead atoms. The number of carbonyl (C=O) groups excluding carboxylic acids is 4. The second kappa shape index (κ2) is 87.9. The van der Waals surface area contributed by atoms with Crippen molar-refractivity contribution in [2.75, 3.05) is 39.6 Å². The zero-order valence-corrected chi connectivity index (χ0v) is 76.2. The Morgan fingerprint density at radius 3 is 0.522 bits per heavy atom. The van der Waals surface area contributed by atoms with Crippen LogP contribution in [0.2, 0.25) is 0 Å². The monoisotopic (exact) mass is 1650 g/mol. The highest BCUT2D eigenvalue weighted by Gasteiger charge is 2.31. The van der Waals surface area contributed by atoms with Crippen LogP contribution < -0.4 is 0 Å². The van der Waals surface area contributed by atoms with E-state index in [4.69, 9.17) is 37.0 Å². The summed E-state index contributed by atoms with van der Waals surface area (Å²) in [5, 5.41) is 10.7. The number of hydrogen-bond donors (Lipinski definition) is 3. The SMILES string of the molecule is CCCCCCCCCCCCCCCCCCCCCCCCC(=O)OC[C@H](COP(=O)(O)OC[C@@H](O)COP(=O)(O)OC[C@@H](COC(=O)CCCCCCCCCCCCCC)OC(=O)CCCCCCCCCCCCCCCCCCC)OC(=O)CCCCCCCCCCCCCCCCCCCCCCCC. The van der Waals surface area contributed by atoms with E-state index in [0.717, 1.165) is 89.9 Å². The van der Waals surface area contributed by atoms with Crippen LogP contribution in [0.5, 0.6) is 0 Å². The van der Waals surface area contributed by atoms with Gasteiger partial charge in [-0.25, -0.2) is 9.13 Å². The van der Waals surface area contributed by atoms with Gasteiger partial charge in [0.2, 0.25) is 0 Å². The molecule has 0 heterocycles. The number of esters is 4. The second-order valence-electron chi connectivity index (χ2n) is 33.8. The lowest BCUT2D eigenvalue weighted by atomic mass is 10.0. The average molecular weight is 1650 g/mol. The summed E-state index contributed by atoms with van der Waals surface area (Å²) < 4.78 is 69.2. The quantitative estimate of drug-likeness (QED) is 0.0222. The summed E-state index contributed by atoms with van der Waals surface area (Å²) in [5.41, 5.74) is 0. The Kier molecular flexibility index (Phi) is 86.4. The molecule has 0 aromatic rings. The van der Waals surface area contributed by atoms with Crippen LogP contribution in [-0.2, 0) is 65.4 Å². The molecule has 672 valence electrons. The third-order valence-corrected chi connectivity index (χ3v) is 24.3. The van der Waals surface area contributed by atoms with Crippen molar-refractivity contribution in [2.45, 2.75) is 540 Å². The summed E-state index contributed by atoms with van der Waals surface area (Å²) in [6.45, 7) is 5.10. The van der Waals surface area contributed by atoms with Crippen molar-refractivity contribution < 1.29 is 80.2 Å². The van der Waals surface area contributed by atoms with Crippen molar-refractivity contribution in [2.24, 2.45) is 0 Å². The average Bonchev–Trinajstić information content (AvgIpc) is 0.886. The smallest absolute Gasteiger partial charge is 0.462 e. The Bertz CT molecular complexity index is 2120. The first-order valence-corrected chi connectivity index (χ1v) is 51.8. The van der Waals surface area contributed by atoms with Gasteiger partial charge in [0.25, 0.3) is 0 Å². The van der Waals surface area contributed by atoms with E-state index in [1.54, 1.807) is 0 Å². The molecule has 113 heavy (non-hydrogen) atoms. The molecular weight excluding hydrogens is 1460 g/mol. The summed E-state index contributed by atoms with van der Waals surface area (Å²) in [6.07, 6.45) is 86.3. The van der Waals surface area contributed by atoms with Gasteiger partial charge in [-0.3, -0.25) is 37.3 Å². The van der Waals surface area contributed by atoms with Crippen LogP contribution in [0.3, 0.4) is 0 Å². The lowest BCUT2D eigenvalue weighted by Gasteiger charge is -2.21. The molecule has 0 aromatic heterocycles. The van der Waals surface area contributed by atoms with Crippen LogP contribution >= 0.6 is 15.6 Å². The minimum Gasteiger partial charge on any atom is -0.462 e. The molecule has 0 aliphatic heterocycles. The van der Waals surface area contributed by atoms with Gasteiger partial charge in [-0.05, 0) is 25.7 Å². The molecule has 3 N–H and O–H groups in total. The summed E-state index contributed by atoms with van der Waals surface area (Å²) in [5.74, 6) is -2.09. The number of aliphatic hydroxyl groups excluding tert-OH is 1. The van der Waals surface area contributed by atoms with Gasteiger partial charge in [-0.15, -0.1) is 0 Å². The highest BCUT2D eigenvalue weighted by Crippen LogP contribution is 2.45. The Labute approximate surface area is 696 Å². The first-order chi connectivity index (χ1) is 55.2. The normalized spacial score (nSPS) is 13.6. The van der Waals surface area contributed by atoms with Gasteiger partial charge in [-0.2, -0.15) is 0 Å². The third-order valence-electron chi connectivity index (χ3n) is 22.4.